The summed E-state index contributed by atoms with van der Waals surface area (Å²) >= 11 is 0. The van der Waals surface area contributed by atoms with Crippen molar-refractivity contribution in [2.45, 2.75) is 116 Å². The molecule has 0 unspecified atom stereocenters. The van der Waals surface area contributed by atoms with Gasteiger partial charge < -0.3 is 56.8 Å². The van der Waals surface area contributed by atoms with Gasteiger partial charge in [0.1, 0.15) is 30.8 Å². The van der Waals surface area contributed by atoms with Crippen LogP contribution in [0.3, 0.4) is 0 Å². The predicted molar refractivity (Wildman–Crippen MR) is 159 cm³/mol. The number of aliphatic hydroxyl groups excluding tert-OH is 1. The number of primary amides is 1. The molecule has 0 bridgehead atoms. The number of nitrogens with one attached hydrogen (secondary N) is 4. The van der Waals surface area contributed by atoms with E-state index in [2.05, 4.69) is 21.3 Å². The molecule has 0 aromatic carbocycles. The Balaban J connectivity index is 3.21. The monoisotopic (exact) mass is 674 g/mol. The molecule has 9 N–H and O–H groups in total. The molecule has 1 fully saturated rings. The van der Waals surface area contributed by atoms with Crippen LogP contribution in [0.5, 0.6) is 0 Å². The van der Waals surface area contributed by atoms with E-state index in [1.54, 1.807) is 13.8 Å². The number of carbonyl (C=O) groups is 8. The molecule has 266 valence electrons. The molecule has 19 heteroatoms. The molecule has 0 aromatic rings. The van der Waals surface area contributed by atoms with Gasteiger partial charge in [0.25, 0.3) is 0 Å². The Bertz CT molecular complexity index is 1180. The van der Waals surface area contributed by atoms with Crippen LogP contribution >= 0.6 is 0 Å². The van der Waals surface area contributed by atoms with Crippen molar-refractivity contribution in [3.8, 4) is 0 Å². The van der Waals surface area contributed by atoms with Gasteiger partial charge >= 0.3 is 17.9 Å². The van der Waals surface area contributed by atoms with Gasteiger partial charge in [-0.3, -0.25) is 38.4 Å². The lowest BCUT2D eigenvalue weighted by Crippen LogP contribution is -2.69. The lowest BCUT2D eigenvalue weighted by molar-refractivity contribution is -0.228. The number of rotatable bonds is 16. The highest BCUT2D eigenvalue weighted by atomic mass is 16.6. The highest BCUT2D eigenvalue weighted by Gasteiger charge is 2.51. The lowest BCUT2D eigenvalue weighted by Gasteiger charge is -2.45. The van der Waals surface area contributed by atoms with E-state index in [0.29, 0.717) is 0 Å². The quantitative estimate of drug-likeness (QED) is 0.0614. The van der Waals surface area contributed by atoms with Gasteiger partial charge in [0.2, 0.25) is 29.5 Å². The predicted octanol–water partition coefficient (Wildman–Crippen LogP) is -3.64. The molecule has 5 amide bonds. The van der Waals surface area contributed by atoms with Crippen LogP contribution in [-0.2, 0) is 57.3 Å². The van der Waals surface area contributed by atoms with Crippen LogP contribution in [0.15, 0.2) is 0 Å². The molecule has 0 radical (unpaired) electrons. The minimum Gasteiger partial charge on any atom is -0.463 e. The number of ether oxygens (including phenoxy) is 4. The second-order valence-electron chi connectivity index (χ2n) is 11.5. The maximum absolute atomic E-state index is 13.1. The fourth-order valence-electron chi connectivity index (χ4n) is 4.63. The summed E-state index contributed by atoms with van der Waals surface area (Å²) in [6.07, 6.45) is -7.49. The summed E-state index contributed by atoms with van der Waals surface area (Å²) in [7, 11) is 0. The molecule has 0 aliphatic carbocycles. The number of nitrogens with two attached hydrogens (primary N) is 2. The largest absolute Gasteiger partial charge is 0.463 e. The van der Waals surface area contributed by atoms with Crippen LogP contribution in [0.4, 0.5) is 0 Å². The number of hydrogen-bond donors (Lipinski definition) is 7. The van der Waals surface area contributed by atoms with Gasteiger partial charge in [-0.05, 0) is 19.3 Å². The average Bonchev–Trinajstić information content (AvgIpc) is 2.91. The second kappa shape index (κ2) is 18.7. The average molecular weight is 675 g/mol. The van der Waals surface area contributed by atoms with E-state index in [1.165, 1.54) is 6.92 Å². The Hall–Kier alpha value is -4.36. The van der Waals surface area contributed by atoms with Gasteiger partial charge in [0.15, 0.2) is 18.4 Å². The van der Waals surface area contributed by atoms with Crippen molar-refractivity contribution in [3.05, 3.63) is 0 Å². The molecule has 47 heavy (non-hydrogen) atoms. The number of aliphatic hydroxyl groups is 1. The van der Waals surface area contributed by atoms with Gasteiger partial charge in [-0.1, -0.05) is 13.8 Å². The first-order chi connectivity index (χ1) is 21.7. The fraction of sp³-hybridized carbons (Fsp3) is 0.714. The molecule has 9 atom stereocenters. The molecule has 1 aliphatic heterocycles. The van der Waals surface area contributed by atoms with Crippen molar-refractivity contribution in [2.75, 3.05) is 6.61 Å². The number of carbonyl (C=O) groups excluding carboxylic acids is 8. The molecule has 0 saturated carbocycles. The first-order valence-electron chi connectivity index (χ1n) is 14.8. The van der Waals surface area contributed by atoms with Crippen LogP contribution in [0, 0.1) is 5.92 Å². The van der Waals surface area contributed by atoms with Crippen molar-refractivity contribution >= 4 is 47.4 Å². The van der Waals surface area contributed by atoms with Crippen molar-refractivity contribution in [1.82, 2.24) is 21.3 Å². The van der Waals surface area contributed by atoms with Crippen molar-refractivity contribution in [3.63, 3.8) is 0 Å². The van der Waals surface area contributed by atoms with E-state index in [4.69, 9.17) is 30.4 Å². The molecule has 1 saturated heterocycles. The van der Waals surface area contributed by atoms with Gasteiger partial charge in [-0.15, -0.1) is 0 Å². The Morgan fingerprint density at radius 2 is 1.40 bits per heavy atom. The van der Waals surface area contributed by atoms with Crippen LogP contribution in [0.2, 0.25) is 0 Å². The topological polar surface area (TPSA) is 294 Å². The summed E-state index contributed by atoms with van der Waals surface area (Å²) in [5.74, 6) is -6.77. The maximum Gasteiger partial charge on any atom is 0.303 e. The zero-order chi connectivity index (χ0) is 36.2. The van der Waals surface area contributed by atoms with Gasteiger partial charge in [0.05, 0.1) is 18.6 Å². The number of hydrogen-bond acceptors (Lipinski definition) is 14. The molecular formula is C28H46N6O13. The van der Waals surface area contributed by atoms with Gasteiger partial charge in [0, 0.05) is 27.7 Å². The standard InChI is InChI=1S/C28H46N6O13/c1-11(2)8-18(27(43)34-21(12(3)35)25(30)41)32-26(42)17(29)9-20(40)33-28-22(31-13(4)36)24(46-16(7)39)23(45-15(6)38)19(47-28)10-44-14(5)37/h11-12,17-19,21-24,28,35H,8-10,29H2,1-7H3,(H2,30,41)(H,31,36)(H,32,42)(H,33,40)(H,34,43)/t12-,17+,18+,19-,21+,22-,23-,24-,28-/m1/s1. The Labute approximate surface area is 271 Å². The summed E-state index contributed by atoms with van der Waals surface area (Å²) in [5, 5.41) is 19.4. The fourth-order valence-corrected chi connectivity index (χ4v) is 4.63. The van der Waals surface area contributed by atoms with Gasteiger partial charge in [-0.25, -0.2) is 0 Å². The van der Waals surface area contributed by atoms with E-state index >= 15 is 0 Å². The van der Waals surface area contributed by atoms with E-state index in [9.17, 15) is 43.5 Å². The summed E-state index contributed by atoms with van der Waals surface area (Å²) in [5.41, 5.74) is 11.2. The zero-order valence-electron chi connectivity index (χ0n) is 27.4. The number of esters is 3. The summed E-state index contributed by atoms with van der Waals surface area (Å²) in [6.45, 7) is 8.64. The van der Waals surface area contributed by atoms with E-state index in [1.807, 2.05) is 0 Å². The molecule has 0 spiro atoms. The van der Waals surface area contributed by atoms with Crippen LogP contribution in [-0.4, -0.2) is 114 Å². The maximum atomic E-state index is 13.1. The molecule has 1 heterocycles. The third-order valence-corrected chi connectivity index (χ3v) is 6.59. The molecule has 19 nitrogen and oxygen atoms in total. The van der Waals surface area contributed by atoms with E-state index < -0.39 is 115 Å². The molecular weight excluding hydrogens is 628 g/mol. The molecule has 1 aliphatic rings. The Morgan fingerprint density at radius 3 is 1.87 bits per heavy atom. The Kier molecular flexibility index (Phi) is 16.2. The SMILES string of the molecule is CC(=O)N[C@@H]1[C@@H](OC(C)=O)[C@H](OC(C)=O)[C@@H](COC(C)=O)O[C@H]1NC(=O)C[C@H](N)C(=O)N[C@@H](CC(C)C)C(=O)N[C@H](C(N)=O)[C@@H](C)O. The van der Waals surface area contributed by atoms with E-state index in [-0.39, 0.29) is 12.3 Å². The van der Waals surface area contributed by atoms with Crippen LogP contribution in [0.25, 0.3) is 0 Å². The van der Waals surface area contributed by atoms with Crippen LogP contribution in [0.1, 0.15) is 61.3 Å². The zero-order valence-corrected chi connectivity index (χ0v) is 27.4. The van der Waals surface area contributed by atoms with E-state index in [0.717, 1.165) is 27.7 Å². The minimum absolute atomic E-state index is 0.0981. The first kappa shape index (κ1) is 40.7. The van der Waals surface area contributed by atoms with Crippen LogP contribution < -0.4 is 32.7 Å². The van der Waals surface area contributed by atoms with Gasteiger partial charge in [-0.2, -0.15) is 0 Å². The van der Waals surface area contributed by atoms with Crippen molar-refractivity contribution in [2.24, 2.45) is 17.4 Å². The summed E-state index contributed by atoms with van der Waals surface area (Å²) in [6, 6.07) is -5.51. The first-order valence-corrected chi connectivity index (χ1v) is 14.8. The normalized spacial score (nSPS) is 23.1. The van der Waals surface area contributed by atoms with Crippen molar-refractivity contribution in [1.29, 1.82) is 0 Å². The molecule has 0 aromatic heterocycles. The highest BCUT2D eigenvalue weighted by molar-refractivity contribution is 5.94. The summed E-state index contributed by atoms with van der Waals surface area (Å²) in [4.78, 5) is 98.1. The molecule has 1 rings (SSSR count). The summed E-state index contributed by atoms with van der Waals surface area (Å²) < 4.78 is 21.5. The third-order valence-electron chi connectivity index (χ3n) is 6.59. The Morgan fingerprint density at radius 1 is 0.830 bits per heavy atom. The lowest BCUT2D eigenvalue weighted by atomic mass is 9.94. The number of amides is 5. The van der Waals surface area contributed by atoms with Crippen molar-refractivity contribution < 1.29 is 62.4 Å². The minimum atomic E-state index is -1.53. The second-order valence-corrected chi connectivity index (χ2v) is 11.5. The highest BCUT2D eigenvalue weighted by Crippen LogP contribution is 2.26. The third kappa shape index (κ3) is 13.9. The smallest absolute Gasteiger partial charge is 0.303 e.